The zero-order valence-electron chi connectivity index (χ0n) is 12.6. The fraction of sp³-hybridized carbons (Fsp3) is 0.500. The number of benzene rings is 1. The second kappa shape index (κ2) is 6.45. The second-order valence-electron chi connectivity index (χ2n) is 6.27. The molecule has 1 saturated carbocycles. The van der Waals surface area contributed by atoms with Crippen LogP contribution in [-0.4, -0.2) is 4.98 Å². The quantitative estimate of drug-likeness (QED) is 0.827. The number of nitrogens with zero attached hydrogens (tertiary/aromatic N) is 1. The highest BCUT2D eigenvalue weighted by molar-refractivity contribution is 9.10. The molecule has 0 spiro atoms. The number of hydrogen-bond donors (Lipinski definition) is 1. The van der Waals surface area contributed by atoms with E-state index in [9.17, 15) is 0 Å². The molecule has 1 aromatic heterocycles. The summed E-state index contributed by atoms with van der Waals surface area (Å²) < 4.78 is 1.05. The molecule has 3 heteroatoms. The first-order valence-corrected chi connectivity index (χ1v) is 8.79. The molecular weight excluding hydrogens is 324 g/mol. The standard InChI is InChI=1S/C18H23BrN2/c1-2-12-6-5-8-14(10-12)17(20)18-15(19)11-13-7-3-4-9-16(13)21-18/h3-4,7,9,11-12,14,17H,2,5-6,8,10,20H2,1H3. The Kier molecular flexibility index (Phi) is 4.60. The van der Waals surface area contributed by atoms with Gasteiger partial charge in [0.1, 0.15) is 0 Å². The van der Waals surface area contributed by atoms with Crippen molar-refractivity contribution in [2.24, 2.45) is 17.6 Å². The van der Waals surface area contributed by atoms with Crippen LogP contribution in [0, 0.1) is 11.8 Å². The lowest BCUT2D eigenvalue weighted by molar-refractivity contribution is 0.228. The van der Waals surface area contributed by atoms with Crippen molar-refractivity contribution in [2.75, 3.05) is 0 Å². The Bertz CT molecular complexity index is 626. The van der Waals surface area contributed by atoms with Crippen molar-refractivity contribution in [2.45, 2.75) is 45.1 Å². The molecule has 3 atom stereocenters. The summed E-state index contributed by atoms with van der Waals surface area (Å²) in [7, 11) is 0. The largest absolute Gasteiger partial charge is 0.322 e. The van der Waals surface area contributed by atoms with Crippen LogP contribution in [0.2, 0.25) is 0 Å². The van der Waals surface area contributed by atoms with E-state index in [1.165, 1.54) is 32.1 Å². The van der Waals surface area contributed by atoms with Crippen LogP contribution in [0.3, 0.4) is 0 Å². The minimum absolute atomic E-state index is 0.0401. The van der Waals surface area contributed by atoms with Crippen LogP contribution in [0.1, 0.15) is 50.8 Å². The number of fused-ring (bicyclic) bond motifs is 1. The molecule has 1 aliphatic rings. The SMILES string of the molecule is CCC1CCCC(C(N)c2nc3ccccc3cc2Br)C1. The van der Waals surface area contributed by atoms with Gasteiger partial charge in [0.2, 0.25) is 0 Å². The minimum Gasteiger partial charge on any atom is -0.322 e. The zero-order valence-corrected chi connectivity index (χ0v) is 14.1. The van der Waals surface area contributed by atoms with E-state index in [1.54, 1.807) is 0 Å². The maximum absolute atomic E-state index is 6.59. The predicted molar refractivity (Wildman–Crippen MR) is 92.1 cm³/mol. The second-order valence-corrected chi connectivity index (χ2v) is 7.13. The van der Waals surface area contributed by atoms with E-state index in [0.29, 0.717) is 5.92 Å². The first kappa shape index (κ1) is 15.0. The summed E-state index contributed by atoms with van der Waals surface area (Å²) in [6.07, 6.45) is 6.43. The number of para-hydroxylation sites is 1. The molecule has 3 rings (SSSR count). The Labute approximate surface area is 135 Å². The molecule has 2 nitrogen and oxygen atoms in total. The molecule has 1 aromatic carbocycles. The molecule has 2 N–H and O–H groups in total. The third kappa shape index (κ3) is 3.14. The van der Waals surface area contributed by atoms with Crippen molar-refractivity contribution >= 4 is 26.8 Å². The summed E-state index contributed by atoms with van der Waals surface area (Å²) in [6, 6.07) is 10.4. The topological polar surface area (TPSA) is 38.9 Å². The van der Waals surface area contributed by atoms with Crippen molar-refractivity contribution < 1.29 is 0 Å². The van der Waals surface area contributed by atoms with E-state index in [1.807, 2.05) is 12.1 Å². The van der Waals surface area contributed by atoms with Gasteiger partial charge < -0.3 is 5.73 Å². The minimum atomic E-state index is 0.0401. The molecule has 0 saturated heterocycles. The van der Waals surface area contributed by atoms with Crippen molar-refractivity contribution in [3.63, 3.8) is 0 Å². The maximum Gasteiger partial charge on any atom is 0.0723 e. The van der Waals surface area contributed by atoms with Crippen LogP contribution in [0.4, 0.5) is 0 Å². The van der Waals surface area contributed by atoms with Crippen molar-refractivity contribution in [3.8, 4) is 0 Å². The van der Waals surface area contributed by atoms with Gasteiger partial charge in [-0.2, -0.15) is 0 Å². The van der Waals surface area contributed by atoms with Crippen LogP contribution in [0.25, 0.3) is 10.9 Å². The number of nitrogens with two attached hydrogens (primary N) is 1. The summed E-state index contributed by atoms with van der Waals surface area (Å²) in [6.45, 7) is 2.29. The molecule has 21 heavy (non-hydrogen) atoms. The van der Waals surface area contributed by atoms with E-state index in [-0.39, 0.29) is 6.04 Å². The molecule has 112 valence electrons. The van der Waals surface area contributed by atoms with E-state index < -0.39 is 0 Å². The molecule has 0 radical (unpaired) electrons. The van der Waals surface area contributed by atoms with Crippen LogP contribution in [0.5, 0.6) is 0 Å². The van der Waals surface area contributed by atoms with E-state index in [4.69, 9.17) is 10.7 Å². The fourth-order valence-electron chi connectivity index (χ4n) is 3.59. The van der Waals surface area contributed by atoms with Gasteiger partial charge in [0.25, 0.3) is 0 Å². The number of pyridine rings is 1. The summed E-state index contributed by atoms with van der Waals surface area (Å²) >= 11 is 3.67. The zero-order chi connectivity index (χ0) is 14.8. The van der Waals surface area contributed by atoms with Gasteiger partial charge in [-0.3, -0.25) is 0 Å². The summed E-state index contributed by atoms with van der Waals surface area (Å²) in [5.41, 5.74) is 8.65. The molecule has 0 bridgehead atoms. The fourth-order valence-corrected chi connectivity index (χ4v) is 4.19. The average Bonchev–Trinajstić information content (AvgIpc) is 2.53. The molecule has 0 aliphatic heterocycles. The van der Waals surface area contributed by atoms with Gasteiger partial charge in [0, 0.05) is 9.86 Å². The number of halogens is 1. The van der Waals surface area contributed by atoms with Gasteiger partial charge in [0.05, 0.1) is 17.3 Å². The first-order valence-electron chi connectivity index (χ1n) is 7.99. The maximum atomic E-state index is 6.59. The Morgan fingerprint density at radius 3 is 2.95 bits per heavy atom. The monoisotopic (exact) mass is 346 g/mol. The normalized spacial score (nSPS) is 24.1. The number of aromatic nitrogens is 1. The highest BCUT2D eigenvalue weighted by Gasteiger charge is 2.28. The molecule has 1 heterocycles. The molecule has 1 aliphatic carbocycles. The number of rotatable bonds is 3. The predicted octanol–water partition coefficient (Wildman–Crippen LogP) is 5.21. The van der Waals surface area contributed by atoms with Crippen molar-refractivity contribution in [1.82, 2.24) is 4.98 Å². The Morgan fingerprint density at radius 1 is 1.33 bits per heavy atom. The van der Waals surface area contributed by atoms with Gasteiger partial charge in [-0.05, 0) is 52.7 Å². The third-order valence-electron chi connectivity index (χ3n) is 4.93. The highest BCUT2D eigenvalue weighted by Crippen LogP contribution is 2.39. The first-order chi connectivity index (χ1) is 10.2. The van der Waals surface area contributed by atoms with Crippen molar-refractivity contribution in [1.29, 1.82) is 0 Å². The highest BCUT2D eigenvalue weighted by atomic mass is 79.9. The lowest BCUT2D eigenvalue weighted by atomic mass is 9.76. The Morgan fingerprint density at radius 2 is 2.14 bits per heavy atom. The summed E-state index contributed by atoms with van der Waals surface area (Å²) in [5.74, 6) is 1.41. The van der Waals surface area contributed by atoms with Gasteiger partial charge >= 0.3 is 0 Å². The van der Waals surface area contributed by atoms with Crippen molar-refractivity contribution in [3.05, 3.63) is 40.5 Å². The van der Waals surface area contributed by atoms with E-state index in [2.05, 4.69) is 41.1 Å². The van der Waals surface area contributed by atoms with Crippen LogP contribution < -0.4 is 5.73 Å². The molecule has 3 unspecified atom stereocenters. The van der Waals surface area contributed by atoms with Crippen LogP contribution in [-0.2, 0) is 0 Å². The van der Waals surface area contributed by atoms with Crippen LogP contribution in [0.15, 0.2) is 34.8 Å². The van der Waals surface area contributed by atoms with E-state index >= 15 is 0 Å². The smallest absolute Gasteiger partial charge is 0.0723 e. The van der Waals surface area contributed by atoms with Gasteiger partial charge in [-0.1, -0.05) is 44.4 Å². The lowest BCUT2D eigenvalue weighted by Gasteiger charge is -2.32. The lowest BCUT2D eigenvalue weighted by Crippen LogP contribution is -2.27. The summed E-state index contributed by atoms with van der Waals surface area (Å²) in [4.78, 5) is 4.83. The summed E-state index contributed by atoms with van der Waals surface area (Å²) in [5, 5.41) is 1.16. The number of hydrogen-bond acceptors (Lipinski definition) is 2. The average molecular weight is 347 g/mol. The Hall–Kier alpha value is -0.930. The Balaban J connectivity index is 1.90. The van der Waals surface area contributed by atoms with Gasteiger partial charge in [-0.25, -0.2) is 4.98 Å². The molecule has 1 fully saturated rings. The third-order valence-corrected chi connectivity index (χ3v) is 5.56. The van der Waals surface area contributed by atoms with Crippen LogP contribution >= 0.6 is 15.9 Å². The molecule has 2 aromatic rings. The van der Waals surface area contributed by atoms with Gasteiger partial charge in [-0.15, -0.1) is 0 Å². The molecule has 0 amide bonds. The van der Waals surface area contributed by atoms with E-state index in [0.717, 1.165) is 27.0 Å². The molecular formula is C18H23BrN2. The van der Waals surface area contributed by atoms with Gasteiger partial charge in [0.15, 0.2) is 0 Å².